The number of aliphatic carboxylic acids is 1. The molecule has 2 fully saturated rings. The molecule has 2 heterocycles. The summed E-state index contributed by atoms with van der Waals surface area (Å²) in [5.41, 5.74) is -0.118. The summed E-state index contributed by atoms with van der Waals surface area (Å²) >= 11 is 0. The van der Waals surface area contributed by atoms with Gasteiger partial charge in [0.15, 0.2) is 0 Å². The number of nitrogens with zero attached hydrogens (tertiary/aromatic N) is 1. The van der Waals surface area contributed by atoms with Crippen LogP contribution in [0.4, 0.5) is 0 Å². The van der Waals surface area contributed by atoms with E-state index in [-0.39, 0.29) is 17.4 Å². The highest BCUT2D eigenvalue weighted by atomic mass is 16.5. The summed E-state index contributed by atoms with van der Waals surface area (Å²) in [6, 6.07) is 0. The van der Waals surface area contributed by atoms with Crippen molar-refractivity contribution in [2.45, 2.75) is 38.1 Å². The number of hydrogen-bond acceptors (Lipinski definition) is 4. The molecule has 0 saturated carbocycles. The quantitative estimate of drug-likeness (QED) is 0.784. The van der Waals surface area contributed by atoms with E-state index in [9.17, 15) is 9.59 Å². The number of carbonyl (C=O) groups is 2. The van der Waals surface area contributed by atoms with Gasteiger partial charge in [0.1, 0.15) is 0 Å². The third kappa shape index (κ3) is 3.93. The maximum atomic E-state index is 12.1. The Morgan fingerprint density at radius 1 is 1.40 bits per heavy atom. The average molecular weight is 284 g/mol. The van der Waals surface area contributed by atoms with Gasteiger partial charge in [0, 0.05) is 25.2 Å². The molecule has 2 aliphatic heterocycles. The summed E-state index contributed by atoms with van der Waals surface area (Å²) in [5, 5.41) is 12.2. The highest BCUT2D eigenvalue weighted by molar-refractivity contribution is 5.79. The molecule has 1 atom stereocenters. The van der Waals surface area contributed by atoms with E-state index in [4.69, 9.17) is 9.84 Å². The van der Waals surface area contributed by atoms with Crippen LogP contribution in [0.15, 0.2) is 0 Å². The largest absolute Gasteiger partial charge is 0.481 e. The minimum Gasteiger partial charge on any atom is -0.481 e. The van der Waals surface area contributed by atoms with Gasteiger partial charge in [0.2, 0.25) is 5.91 Å². The highest BCUT2D eigenvalue weighted by Gasteiger charge is 2.30. The number of carboxylic acid groups (broad SMARTS) is 1. The molecule has 114 valence electrons. The first-order chi connectivity index (χ1) is 9.50. The normalized spacial score (nSPS) is 28.4. The Bertz CT molecular complexity index is 358. The van der Waals surface area contributed by atoms with Gasteiger partial charge in [0.05, 0.1) is 19.1 Å². The van der Waals surface area contributed by atoms with Crippen LogP contribution in [-0.4, -0.2) is 60.3 Å². The van der Waals surface area contributed by atoms with Gasteiger partial charge in [-0.2, -0.15) is 0 Å². The van der Waals surface area contributed by atoms with E-state index in [0.29, 0.717) is 39.1 Å². The van der Waals surface area contributed by atoms with E-state index < -0.39 is 5.97 Å². The average Bonchev–Trinajstić information content (AvgIpc) is 2.46. The molecular formula is C14H24N2O4. The zero-order chi connectivity index (χ0) is 14.6. The molecule has 0 bridgehead atoms. The van der Waals surface area contributed by atoms with Crippen LogP contribution in [0.25, 0.3) is 0 Å². The van der Waals surface area contributed by atoms with E-state index >= 15 is 0 Å². The molecule has 6 nitrogen and oxygen atoms in total. The fourth-order valence-electron chi connectivity index (χ4n) is 2.85. The van der Waals surface area contributed by atoms with Crippen LogP contribution >= 0.6 is 0 Å². The van der Waals surface area contributed by atoms with Gasteiger partial charge in [-0.1, -0.05) is 0 Å². The Hall–Kier alpha value is -1.14. The van der Waals surface area contributed by atoms with Gasteiger partial charge in [-0.15, -0.1) is 0 Å². The minimum absolute atomic E-state index is 0.0561. The Morgan fingerprint density at radius 2 is 2.10 bits per heavy atom. The van der Waals surface area contributed by atoms with Crippen LogP contribution in [0.1, 0.15) is 32.6 Å². The summed E-state index contributed by atoms with van der Waals surface area (Å²) in [4.78, 5) is 24.8. The number of carbonyl (C=O) groups excluding carboxylic acids is 1. The molecule has 2 aliphatic rings. The number of piperidine rings is 1. The smallest absolute Gasteiger partial charge is 0.306 e. The first-order valence-electron chi connectivity index (χ1n) is 7.33. The molecule has 0 radical (unpaired) electrons. The summed E-state index contributed by atoms with van der Waals surface area (Å²) in [5.74, 6) is -0.987. The van der Waals surface area contributed by atoms with Crippen molar-refractivity contribution < 1.29 is 19.4 Å². The van der Waals surface area contributed by atoms with Crippen molar-refractivity contribution >= 4 is 11.9 Å². The van der Waals surface area contributed by atoms with Gasteiger partial charge in [-0.05, 0) is 32.6 Å². The van der Waals surface area contributed by atoms with Crippen LogP contribution < -0.4 is 5.32 Å². The van der Waals surface area contributed by atoms with E-state index in [1.54, 1.807) is 4.90 Å². The predicted molar refractivity (Wildman–Crippen MR) is 73.4 cm³/mol. The van der Waals surface area contributed by atoms with Crippen LogP contribution in [0.5, 0.6) is 0 Å². The minimum atomic E-state index is -0.748. The number of amides is 1. The molecule has 2 saturated heterocycles. The van der Waals surface area contributed by atoms with Crippen molar-refractivity contribution in [2.24, 2.45) is 5.92 Å². The molecule has 1 amide bonds. The van der Waals surface area contributed by atoms with Crippen molar-refractivity contribution in [1.29, 1.82) is 0 Å². The van der Waals surface area contributed by atoms with Crippen LogP contribution in [-0.2, 0) is 14.3 Å². The second-order valence-electron chi connectivity index (χ2n) is 6.06. The third-order valence-electron chi connectivity index (χ3n) is 4.30. The van der Waals surface area contributed by atoms with Crippen molar-refractivity contribution in [3.63, 3.8) is 0 Å². The predicted octanol–water partition coefficient (Wildman–Crippen LogP) is 0.468. The van der Waals surface area contributed by atoms with E-state index in [1.807, 2.05) is 0 Å². The highest BCUT2D eigenvalue weighted by Crippen LogP contribution is 2.19. The Kier molecular flexibility index (Phi) is 4.99. The molecule has 0 aromatic heterocycles. The molecular weight excluding hydrogens is 260 g/mol. The molecule has 2 N–H and O–H groups in total. The lowest BCUT2D eigenvalue weighted by atomic mass is 9.94. The van der Waals surface area contributed by atoms with Crippen molar-refractivity contribution in [2.75, 3.05) is 32.8 Å². The molecule has 0 aromatic carbocycles. The van der Waals surface area contributed by atoms with Crippen LogP contribution in [0.2, 0.25) is 0 Å². The third-order valence-corrected chi connectivity index (χ3v) is 4.30. The summed E-state index contributed by atoms with van der Waals surface area (Å²) in [6.45, 7) is 4.92. The lowest BCUT2D eigenvalue weighted by Gasteiger charge is -2.36. The van der Waals surface area contributed by atoms with E-state index in [2.05, 4.69) is 12.2 Å². The number of rotatable bonds is 4. The maximum Gasteiger partial charge on any atom is 0.306 e. The van der Waals surface area contributed by atoms with Crippen LogP contribution in [0.3, 0.4) is 0 Å². The topological polar surface area (TPSA) is 78.9 Å². The summed E-state index contributed by atoms with van der Waals surface area (Å²) in [6.07, 6.45) is 3.14. The fourth-order valence-corrected chi connectivity index (χ4v) is 2.85. The lowest BCUT2D eigenvalue weighted by Crippen LogP contribution is -2.53. The number of hydrogen-bond donors (Lipinski definition) is 2. The molecule has 2 rings (SSSR count). The van der Waals surface area contributed by atoms with Crippen molar-refractivity contribution in [1.82, 2.24) is 10.2 Å². The van der Waals surface area contributed by atoms with Crippen molar-refractivity contribution in [3.8, 4) is 0 Å². The van der Waals surface area contributed by atoms with E-state index in [1.165, 1.54) is 0 Å². The van der Waals surface area contributed by atoms with Crippen molar-refractivity contribution in [3.05, 3.63) is 0 Å². The zero-order valence-corrected chi connectivity index (χ0v) is 12.1. The fraction of sp³-hybridized carbons (Fsp3) is 0.857. The molecule has 20 heavy (non-hydrogen) atoms. The van der Waals surface area contributed by atoms with Gasteiger partial charge in [0.25, 0.3) is 0 Å². The number of ether oxygens (including phenoxy) is 1. The second-order valence-corrected chi connectivity index (χ2v) is 6.06. The van der Waals surface area contributed by atoms with Gasteiger partial charge in [-0.3, -0.25) is 9.59 Å². The van der Waals surface area contributed by atoms with Gasteiger partial charge < -0.3 is 20.1 Å². The first kappa shape index (κ1) is 15.3. The molecule has 1 unspecified atom stereocenters. The zero-order valence-electron chi connectivity index (χ0n) is 12.1. The summed E-state index contributed by atoms with van der Waals surface area (Å²) in [7, 11) is 0. The first-order valence-corrected chi connectivity index (χ1v) is 7.33. The number of likely N-dealkylation sites (tertiary alicyclic amines) is 1. The Balaban J connectivity index is 1.74. The van der Waals surface area contributed by atoms with Gasteiger partial charge >= 0.3 is 5.97 Å². The number of nitrogens with one attached hydrogen (secondary N) is 1. The Labute approximate surface area is 119 Å². The van der Waals surface area contributed by atoms with E-state index in [0.717, 1.165) is 19.4 Å². The van der Waals surface area contributed by atoms with Crippen LogP contribution in [0, 0.1) is 5.92 Å². The number of carboxylic acids is 1. The monoisotopic (exact) mass is 284 g/mol. The van der Waals surface area contributed by atoms with Gasteiger partial charge in [-0.25, -0.2) is 0 Å². The molecule has 6 heteroatoms. The lowest BCUT2D eigenvalue weighted by molar-refractivity contribution is -0.145. The molecule has 0 aliphatic carbocycles. The summed E-state index contributed by atoms with van der Waals surface area (Å²) < 4.78 is 5.45. The Morgan fingerprint density at radius 3 is 2.65 bits per heavy atom. The molecule has 0 spiro atoms. The molecule has 0 aromatic rings. The maximum absolute atomic E-state index is 12.1. The SMILES string of the molecule is CC1(NCC(=O)N2CCC(C(=O)O)CC2)CCCOC1. The standard InChI is InChI=1S/C14H24N2O4/c1-14(5-2-8-20-10-14)15-9-12(17)16-6-3-11(4-7-16)13(18)19/h11,15H,2-10H2,1H3,(H,18,19). The second kappa shape index (κ2) is 6.54.